The fourth-order valence-corrected chi connectivity index (χ4v) is 3.67. The first-order valence-corrected chi connectivity index (χ1v) is 8.95. The lowest BCUT2D eigenvalue weighted by molar-refractivity contribution is 0.370. The van der Waals surface area contributed by atoms with Crippen molar-refractivity contribution in [3.05, 3.63) is 11.7 Å². The fraction of sp³-hybridized carbons (Fsp3) is 0.867. The maximum absolute atomic E-state index is 5.31. The standard InChI is InChI=1S/C15H27N3OS/c1-12(2)16-10-6-9-15-17-14(18-19-15)11-20-13-7-4-3-5-8-13/h12-13,16H,3-11H2,1-2H3. The van der Waals surface area contributed by atoms with Gasteiger partial charge in [-0.2, -0.15) is 16.7 Å². The molecule has 5 heteroatoms. The van der Waals surface area contributed by atoms with Gasteiger partial charge in [0, 0.05) is 17.7 Å². The van der Waals surface area contributed by atoms with E-state index in [2.05, 4.69) is 29.3 Å². The molecule has 2 rings (SSSR count). The van der Waals surface area contributed by atoms with E-state index in [9.17, 15) is 0 Å². The summed E-state index contributed by atoms with van der Waals surface area (Å²) in [5, 5.41) is 8.29. The Morgan fingerprint density at radius 1 is 1.30 bits per heavy atom. The van der Waals surface area contributed by atoms with Crippen LogP contribution in [0.4, 0.5) is 0 Å². The van der Waals surface area contributed by atoms with E-state index in [-0.39, 0.29) is 0 Å². The van der Waals surface area contributed by atoms with Crippen LogP contribution in [0.1, 0.15) is 64.1 Å². The highest BCUT2D eigenvalue weighted by Gasteiger charge is 2.15. The number of thioether (sulfide) groups is 1. The van der Waals surface area contributed by atoms with Crippen molar-refractivity contribution in [1.82, 2.24) is 15.5 Å². The number of nitrogens with zero attached hydrogens (tertiary/aromatic N) is 2. The summed E-state index contributed by atoms with van der Waals surface area (Å²) in [5.74, 6) is 2.56. The first-order valence-electron chi connectivity index (χ1n) is 7.90. The van der Waals surface area contributed by atoms with Gasteiger partial charge in [0.25, 0.3) is 0 Å². The second-order valence-corrected chi connectivity index (χ2v) is 7.18. The molecule has 1 saturated carbocycles. The van der Waals surface area contributed by atoms with E-state index < -0.39 is 0 Å². The highest BCUT2D eigenvalue weighted by molar-refractivity contribution is 7.99. The monoisotopic (exact) mass is 297 g/mol. The summed E-state index contributed by atoms with van der Waals surface area (Å²) in [4.78, 5) is 4.48. The van der Waals surface area contributed by atoms with Gasteiger partial charge in [0.05, 0.1) is 5.75 Å². The van der Waals surface area contributed by atoms with Crippen LogP contribution in [-0.4, -0.2) is 28.0 Å². The van der Waals surface area contributed by atoms with E-state index in [1.54, 1.807) is 0 Å². The minimum Gasteiger partial charge on any atom is -0.339 e. The van der Waals surface area contributed by atoms with Gasteiger partial charge in [0.2, 0.25) is 5.89 Å². The second-order valence-electron chi connectivity index (χ2n) is 5.89. The SMILES string of the molecule is CC(C)NCCCc1nc(CSC2CCCCC2)no1. The minimum atomic E-state index is 0.542. The van der Waals surface area contributed by atoms with Crippen LogP contribution in [0.2, 0.25) is 0 Å². The molecule has 0 radical (unpaired) electrons. The molecule has 0 bridgehead atoms. The van der Waals surface area contributed by atoms with E-state index in [0.29, 0.717) is 6.04 Å². The van der Waals surface area contributed by atoms with Gasteiger partial charge in [-0.25, -0.2) is 0 Å². The predicted octanol–water partition coefficient (Wildman–Crippen LogP) is 3.57. The van der Waals surface area contributed by atoms with Gasteiger partial charge in [0.15, 0.2) is 5.82 Å². The molecule has 0 unspecified atom stereocenters. The van der Waals surface area contributed by atoms with Crippen molar-refractivity contribution in [2.24, 2.45) is 0 Å². The Kier molecular flexibility index (Phi) is 6.87. The van der Waals surface area contributed by atoms with Crippen LogP contribution < -0.4 is 5.32 Å². The van der Waals surface area contributed by atoms with Crippen LogP contribution in [-0.2, 0) is 12.2 Å². The molecule has 4 nitrogen and oxygen atoms in total. The van der Waals surface area contributed by atoms with E-state index in [0.717, 1.165) is 42.1 Å². The molecule has 0 atom stereocenters. The summed E-state index contributed by atoms with van der Waals surface area (Å²) in [6.45, 7) is 5.33. The summed E-state index contributed by atoms with van der Waals surface area (Å²) >= 11 is 2.00. The number of rotatable bonds is 8. The molecule has 0 saturated heterocycles. The summed E-state index contributed by atoms with van der Waals surface area (Å²) in [5.41, 5.74) is 0. The Labute approximate surface area is 126 Å². The molecule has 0 aliphatic heterocycles. The lowest BCUT2D eigenvalue weighted by Gasteiger charge is -2.19. The topological polar surface area (TPSA) is 51.0 Å². The summed E-state index contributed by atoms with van der Waals surface area (Å²) < 4.78 is 5.31. The van der Waals surface area contributed by atoms with Gasteiger partial charge in [-0.15, -0.1) is 0 Å². The minimum absolute atomic E-state index is 0.542. The van der Waals surface area contributed by atoms with Crippen LogP contribution in [0.5, 0.6) is 0 Å². The van der Waals surface area contributed by atoms with Crippen molar-refractivity contribution >= 4 is 11.8 Å². The van der Waals surface area contributed by atoms with Gasteiger partial charge < -0.3 is 9.84 Å². The van der Waals surface area contributed by atoms with Crippen molar-refractivity contribution in [2.75, 3.05) is 6.54 Å². The van der Waals surface area contributed by atoms with E-state index >= 15 is 0 Å². The molecule has 1 fully saturated rings. The molecular weight excluding hydrogens is 270 g/mol. The Bertz CT molecular complexity index is 375. The Hall–Kier alpha value is -0.550. The van der Waals surface area contributed by atoms with E-state index in [1.165, 1.54) is 32.1 Å². The quantitative estimate of drug-likeness (QED) is 0.743. The third kappa shape index (κ3) is 5.83. The van der Waals surface area contributed by atoms with Crippen LogP contribution in [0, 0.1) is 0 Å². The van der Waals surface area contributed by atoms with E-state index in [1.807, 2.05) is 11.8 Å². The number of aryl methyl sites for hydroxylation is 1. The lowest BCUT2D eigenvalue weighted by Crippen LogP contribution is -2.23. The molecule has 1 aliphatic rings. The Morgan fingerprint density at radius 3 is 2.85 bits per heavy atom. The average molecular weight is 297 g/mol. The predicted molar refractivity (Wildman–Crippen MR) is 83.9 cm³/mol. The average Bonchev–Trinajstić information content (AvgIpc) is 2.90. The van der Waals surface area contributed by atoms with Crippen molar-refractivity contribution < 1.29 is 4.52 Å². The third-order valence-corrected chi connectivity index (χ3v) is 5.00. The van der Waals surface area contributed by atoms with Crippen LogP contribution in [0.3, 0.4) is 0 Å². The summed E-state index contributed by atoms with van der Waals surface area (Å²) in [6.07, 6.45) is 8.83. The molecule has 1 N–H and O–H groups in total. The zero-order chi connectivity index (χ0) is 14.2. The largest absolute Gasteiger partial charge is 0.339 e. The van der Waals surface area contributed by atoms with E-state index in [4.69, 9.17) is 4.52 Å². The maximum Gasteiger partial charge on any atom is 0.226 e. The van der Waals surface area contributed by atoms with Crippen molar-refractivity contribution in [3.8, 4) is 0 Å². The molecule has 0 aromatic carbocycles. The molecular formula is C15H27N3OS. The highest BCUT2D eigenvalue weighted by atomic mass is 32.2. The Balaban J connectivity index is 1.63. The number of hydrogen-bond donors (Lipinski definition) is 1. The molecule has 1 aromatic rings. The molecule has 0 amide bonds. The fourth-order valence-electron chi connectivity index (χ4n) is 2.50. The first kappa shape index (κ1) is 15.8. The molecule has 0 spiro atoms. The van der Waals surface area contributed by atoms with Gasteiger partial charge in [-0.1, -0.05) is 38.3 Å². The summed E-state index contributed by atoms with van der Waals surface area (Å²) in [7, 11) is 0. The van der Waals surface area contributed by atoms with Crippen LogP contribution >= 0.6 is 11.8 Å². The number of hydrogen-bond acceptors (Lipinski definition) is 5. The normalized spacial score (nSPS) is 16.9. The van der Waals surface area contributed by atoms with Gasteiger partial charge in [-0.3, -0.25) is 0 Å². The number of aromatic nitrogens is 2. The first-order chi connectivity index (χ1) is 9.74. The lowest BCUT2D eigenvalue weighted by atomic mass is 10.0. The maximum atomic E-state index is 5.31. The van der Waals surface area contributed by atoms with Gasteiger partial charge >= 0.3 is 0 Å². The van der Waals surface area contributed by atoms with Crippen molar-refractivity contribution in [2.45, 2.75) is 75.8 Å². The second kappa shape index (κ2) is 8.67. The number of nitrogens with one attached hydrogen (secondary N) is 1. The Morgan fingerprint density at radius 2 is 2.10 bits per heavy atom. The molecule has 1 aliphatic carbocycles. The van der Waals surface area contributed by atoms with Crippen LogP contribution in [0.15, 0.2) is 4.52 Å². The molecule has 20 heavy (non-hydrogen) atoms. The van der Waals surface area contributed by atoms with Gasteiger partial charge in [0.1, 0.15) is 0 Å². The third-order valence-electron chi connectivity index (χ3n) is 3.63. The summed E-state index contributed by atoms with van der Waals surface area (Å²) in [6, 6.07) is 0.542. The zero-order valence-corrected chi connectivity index (χ0v) is 13.5. The van der Waals surface area contributed by atoms with Crippen molar-refractivity contribution in [3.63, 3.8) is 0 Å². The smallest absolute Gasteiger partial charge is 0.226 e. The van der Waals surface area contributed by atoms with Crippen molar-refractivity contribution in [1.29, 1.82) is 0 Å². The molecule has 1 heterocycles. The molecule has 114 valence electrons. The highest BCUT2D eigenvalue weighted by Crippen LogP contribution is 2.29. The van der Waals surface area contributed by atoms with Gasteiger partial charge in [-0.05, 0) is 25.8 Å². The van der Waals surface area contributed by atoms with Crippen LogP contribution in [0.25, 0.3) is 0 Å². The molecule has 1 aromatic heterocycles. The zero-order valence-electron chi connectivity index (χ0n) is 12.7.